The standard InChI is InChI=1S/C13H20N2O3S/c1-9(2)11-8-19-12(14-11)6-15-3-4-18-7-10(5-15)13(16)17/h8-10H,3-7H2,1-2H3,(H,16,17). The van der Waals surface area contributed by atoms with E-state index in [0.717, 1.165) is 17.2 Å². The van der Waals surface area contributed by atoms with Crippen LogP contribution in [0.1, 0.15) is 30.5 Å². The third-order valence-electron chi connectivity index (χ3n) is 3.22. The van der Waals surface area contributed by atoms with Gasteiger partial charge >= 0.3 is 5.97 Å². The van der Waals surface area contributed by atoms with Crippen LogP contribution in [0.15, 0.2) is 5.38 Å². The van der Waals surface area contributed by atoms with Gasteiger partial charge in [-0.25, -0.2) is 4.98 Å². The van der Waals surface area contributed by atoms with Crippen molar-refractivity contribution in [3.63, 3.8) is 0 Å². The first-order valence-corrected chi connectivity index (χ1v) is 7.41. The average Bonchev–Trinajstić information content (AvgIpc) is 2.68. The van der Waals surface area contributed by atoms with E-state index < -0.39 is 11.9 Å². The SMILES string of the molecule is CC(C)c1csc(CN2CCOCC(C(=O)O)C2)n1. The number of carbonyl (C=O) groups is 1. The molecule has 1 N–H and O–H groups in total. The van der Waals surface area contributed by atoms with E-state index in [0.29, 0.717) is 32.2 Å². The van der Waals surface area contributed by atoms with Crippen molar-refractivity contribution in [3.8, 4) is 0 Å². The lowest BCUT2D eigenvalue weighted by Gasteiger charge is -2.19. The summed E-state index contributed by atoms with van der Waals surface area (Å²) in [6.45, 7) is 7.15. The normalized spacial score (nSPS) is 21.5. The lowest BCUT2D eigenvalue weighted by Crippen LogP contribution is -2.33. The fourth-order valence-electron chi connectivity index (χ4n) is 2.02. The summed E-state index contributed by atoms with van der Waals surface area (Å²) in [4.78, 5) is 17.8. The highest BCUT2D eigenvalue weighted by molar-refractivity contribution is 7.09. The van der Waals surface area contributed by atoms with Crippen LogP contribution >= 0.6 is 11.3 Å². The van der Waals surface area contributed by atoms with Gasteiger partial charge in [0.2, 0.25) is 0 Å². The molecule has 0 aliphatic carbocycles. The van der Waals surface area contributed by atoms with Gasteiger partial charge in [0.15, 0.2) is 0 Å². The lowest BCUT2D eigenvalue weighted by atomic mass is 10.1. The zero-order valence-electron chi connectivity index (χ0n) is 11.3. The number of aromatic nitrogens is 1. The van der Waals surface area contributed by atoms with Crippen LogP contribution in [0.3, 0.4) is 0 Å². The molecule has 0 amide bonds. The Kier molecular flexibility index (Phi) is 4.90. The number of thiazole rings is 1. The van der Waals surface area contributed by atoms with Crippen LogP contribution in [0.25, 0.3) is 0 Å². The number of hydrogen-bond acceptors (Lipinski definition) is 5. The van der Waals surface area contributed by atoms with Crippen LogP contribution in [0.5, 0.6) is 0 Å². The quantitative estimate of drug-likeness (QED) is 0.913. The molecule has 2 rings (SSSR count). The fourth-order valence-corrected chi connectivity index (χ4v) is 3.02. The Morgan fingerprint density at radius 3 is 3.11 bits per heavy atom. The Hall–Kier alpha value is -0.980. The molecule has 6 heteroatoms. The Balaban J connectivity index is 1.98. The predicted octanol–water partition coefficient (Wildman–Crippen LogP) is 1.80. The van der Waals surface area contributed by atoms with Crippen LogP contribution in [-0.2, 0) is 16.1 Å². The van der Waals surface area contributed by atoms with Crippen molar-refractivity contribution in [2.45, 2.75) is 26.3 Å². The number of aliphatic carboxylic acids is 1. The molecule has 0 radical (unpaired) electrons. The third kappa shape index (κ3) is 3.99. The van der Waals surface area contributed by atoms with Crippen LogP contribution in [-0.4, -0.2) is 47.3 Å². The largest absolute Gasteiger partial charge is 0.481 e. The van der Waals surface area contributed by atoms with Crippen LogP contribution in [0.2, 0.25) is 0 Å². The molecule has 106 valence electrons. The van der Waals surface area contributed by atoms with Gasteiger partial charge in [0.1, 0.15) is 5.01 Å². The Bertz CT molecular complexity index is 433. The van der Waals surface area contributed by atoms with Gasteiger partial charge in [-0.05, 0) is 5.92 Å². The first kappa shape index (κ1) is 14.4. The van der Waals surface area contributed by atoms with E-state index in [9.17, 15) is 4.79 Å². The summed E-state index contributed by atoms with van der Waals surface area (Å²) in [5, 5.41) is 12.2. The maximum Gasteiger partial charge on any atom is 0.310 e. The number of nitrogens with zero attached hydrogens (tertiary/aromatic N) is 2. The predicted molar refractivity (Wildman–Crippen MR) is 73.4 cm³/mol. The van der Waals surface area contributed by atoms with E-state index in [4.69, 9.17) is 9.84 Å². The van der Waals surface area contributed by atoms with Crippen LogP contribution < -0.4 is 0 Å². The molecule has 0 aromatic carbocycles. The smallest absolute Gasteiger partial charge is 0.310 e. The summed E-state index contributed by atoms with van der Waals surface area (Å²) in [5.74, 6) is -0.787. The van der Waals surface area contributed by atoms with Gasteiger partial charge in [0.05, 0.1) is 31.4 Å². The van der Waals surface area contributed by atoms with Gasteiger partial charge in [-0.2, -0.15) is 0 Å². The molecule has 1 atom stereocenters. The minimum absolute atomic E-state index is 0.306. The van der Waals surface area contributed by atoms with E-state index in [1.165, 1.54) is 0 Å². The van der Waals surface area contributed by atoms with Crippen molar-refractivity contribution in [1.82, 2.24) is 9.88 Å². The average molecular weight is 284 g/mol. The number of ether oxygens (including phenoxy) is 1. The van der Waals surface area contributed by atoms with Crippen molar-refractivity contribution in [1.29, 1.82) is 0 Å². The minimum Gasteiger partial charge on any atom is -0.481 e. The Morgan fingerprint density at radius 2 is 2.47 bits per heavy atom. The van der Waals surface area contributed by atoms with Gasteiger partial charge in [-0.3, -0.25) is 9.69 Å². The molecule has 1 aromatic heterocycles. The maximum atomic E-state index is 11.1. The topological polar surface area (TPSA) is 62.7 Å². The fraction of sp³-hybridized carbons (Fsp3) is 0.692. The zero-order valence-corrected chi connectivity index (χ0v) is 12.2. The molecule has 2 heterocycles. The van der Waals surface area contributed by atoms with Crippen molar-refractivity contribution in [2.75, 3.05) is 26.3 Å². The molecule has 1 fully saturated rings. The molecule has 1 unspecified atom stereocenters. The van der Waals surface area contributed by atoms with Gasteiger partial charge in [0, 0.05) is 18.5 Å². The van der Waals surface area contributed by atoms with Crippen molar-refractivity contribution >= 4 is 17.3 Å². The van der Waals surface area contributed by atoms with Crippen LogP contribution in [0.4, 0.5) is 0 Å². The highest BCUT2D eigenvalue weighted by Gasteiger charge is 2.24. The monoisotopic (exact) mass is 284 g/mol. The first-order valence-electron chi connectivity index (χ1n) is 6.53. The van der Waals surface area contributed by atoms with Crippen molar-refractivity contribution < 1.29 is 14.6 Å². The maximum absolute atomic E-state index is 11.1. The van der Waals surface area contributed by atoms with Crippen molar-refractivity contribution in [2.24, 2.45) is 5.92 Å². The summed E-state index contributed by atoms with van der Waals surface area (Å²) in [6.07, 6.45) is 0. The summed E-state index contributed by atoms with van der Waals surface area (Å²) in [5.41, 5.74) is 1.11. The van der Waals surface area contributed by atoms with E-state index in [-0.39, 0.29) is 0 Å². The number of hydrogen-bond donors (Lipinski definition) is 1. The second-order valence-electron chi connectivity index (χ2n) is 5.17. The summed E-state index contributed by atoms with van der Waals surface area (Å²) < 4.78 is 5.34. The highest BCUT2D eigenvalue weighted by Crippen LogP contribution is 2.20. The molecule has 1 saturated heterocycles. The van der Waals surface area contributed by atoms with E-state index in [1.54, 1.807) is 11.3 Å². The van der Waals surface area contributed by atoms with E-state index in [1.807, 2.05) is 0 Å². The van der Waals surface area contributed by atoms with Crippen LogP contribution in [0, 0.1) is 5.92 Å². The number of carboxylic acid groups (broad SMARTS) is 1. The molecule has 1 aliphatic heterocycles. The lowest BCUT2D eigenvalue weighted by molar-refractivity contribution is -0.143. The highest BCUT2D eigenvalue weighted by atomic mass is 32.1. The number of carboxylic acids is 1. The van der Waals surface area contributed by atoms with Gasteiger partial charge in [-0.15, -0.1) is 11.3 Å². The van der Waals surface area contributed by atoms with E-state index >= 15 is 0 Å². The van der Waals surface area contributed by atoms with Gasteiger partial charge in [-0.1, -0.05) is 13.8 Å². The zero-order chi connectivity index (χ0) is 13.8. The summed E-state index contributed by atoms with van der Waals surface area (Å²) in [7, 11) is 0. The third-order valence-corrected chi connectivity index (χ3v) is 4.07. The second kappa shape index (κ2) is 6.45. The van der Waals surface area contributed by atoms with Gasteiger partial charge < -0.3 is 9.84 Å². The first-order chi connectivity index (χ1) is 9.06. The van der Waals surface area contributed by atoms with E-state index in [2.05, 4.69) is 29.1 Å². The molecule has 0 saturated carbocycles. The molecule has 5 nitrogen and oxygen atoms in total. The molecule has 1 aliphatic rings. The summed E-state index contributed by atoms with van der Waals surface area (Å²) in [6, 6.07) is 0. The number of rotatable bonds is 4. The molecule has 0 spiro atoms. The molecule has 19 heavy (non-hydrogen) atoms. The molecular weight excluding hydrogens is 264 g/mol. The molecule has 0 bridgehead atoms. The molecular formula is C13H20N2O3S. The molecule has 1 aromatic rings. The Morgan fingerprint density at radius 1 is 1.68 bits per heavy atom. The van der Waals surface area contributed by atoms with Crippen molar-refractivity contribution in [3.05, 3.63) is 16.1 Å². The minimum atomic E-state index is -0.783. The second-order valence-corrected chi connectivity index (χ2v) is 6.11. The van der Waals surface area contributed by atoms with Gasteiger partial charge in [0.25, 0.3) is 0 Å². The Labute approximate surface area is 117 Å². The summed E-state index contributed by atoms with van der Waals surface area (Å²) >= 11 is 1.65.